The highest BCUT2D eigenvalue weighted by Crippen LogP contribution is 2.24. The highest BCUT2D eigenvalue weighted by atomic mass is 16.5. The van der Waals surface area contributed by atoms with Gasteiger partial charge in [-0.1, -0.05) is 17.7 Å². The van der Waals surface area contributed by atoms with Crippen molar-refractivity contribution in [2.45, 2.75) is 13.5 Å². The lowest BCUT2D eigenvalue weighted by Crippen LogP contribution is -2.28. The lowest BCUT2D eigenvalue weighted by molar-refractivity contribution is -0.123. The topological polar surface area (TPSA) is 56.8 Å². The van der Waals surface area contributed by atoms with E-state index in [1.807, 2.05) is 43.3 Å². The summed E-state index contributed by atoms with van der Waals surface area (Å²) in [5.74, 6) is 1.86. The average Bonchev–Trinajstić information content (AvgIpc) is 2.59. The third kappa shape index (κ3) is 4.92. The fourth-order valence-corrected chi connectivity index (χ4v) is 2.03. The van der Waals surface area contributed by atoms with Crippen molar-refractivity contribution < 1.29 is 19.0 Å². The molecule has 0 bridgehead atoms. The van der Waals surface area contributed by atoms with Gasteiger partial charge in [-0.2, -0.15) is 0 Å². The smallest absolute Gasteiger partial charge is 0.258 e. The summed E-state index contributed by atoms with van der Waals surface area (Å²) >= 11 is 0. The molecule has 5 nitrogen and oxygen atoms in total. The molecule has 0 aliphatic heterocycles. The van der Waals surface area contributed by atoms with Gasteiger partial charge >= 0.3 is 0 Å². The fraction of sp³-hybridized carbons (Fsp3) is 0.278. The molecule has 0 aromatic heterocycles. The second-order valence-electron chi connectivity index (χ2n) is 5.06. The van der Waals surface area contributed by atoms with Crippen molar-refractivity contribution in [2.24, 2.45) is 0 Å². The fourth-order valence-electron chi connectivity index (χ4n) is 2.03. The van der Waals surface area contributed by atoms with Gasteiger partial charge in [-0.15, -0.1) is 0 Å². The van der Waals surface area contributed by atoms with Gasteiger partial charge < -0.3 is 19.5 Å². The lowest BCUT2D eigenvalue weighted by atomic mass is 10.2. The normalized spacial score (nSPS) is 10.0. The van der Waals surface area contributed by atoms with Crippen LogP contribution < -0.4 is 19.5 Å². The Labute approximate surface area is 136 Å². The molecule has 1 amide bonds. The van der Waals surface area contributed by atoms with Crippen LogP contribution in [-0.4, -0.2) is 26.7 Å². The van der Waals surface area contributed by atoms with E-state index in [0.717, 1.165) is 11.1 Å². The van der Waals surface area contributed by atoms with Gasteiger partial charge in [0.1, 0.15) is 17.2 Å². The summed E-state index contributed by atoms with van der Waals surface area (Å²) in [7, 11) is 3.18. The molecular formula is C18H21NO4. The molecule has 2 rings (SSSR count). The predicted octanol–water partition coefficient (Wildman–Crippen LogP) is 2.71. The van der Waals surface area contributed by atoms with E-state index in [2.05, 4.69) is 5.32 Å². The zero-order chi connectivity index (χ0) is 16.7. The third-order valence-corrected chi connectivity index (χ3v) is 3.36. The van der Waals surface area contributed by atoms with Crippen molar-refractivity contribution in [3.8, 4) is 17.2 Å². The molecule has 1 N–H and O–H groups in total. The van der Waals surface area contributed by atoms with E-state index in [1.54, 1.807) is 20.3 Å². The van der Waals surface area contributed by atoms with Crippen LogP contribution in [-0.2, 0) is 11.3 Å². The van der Waals surface area contributed by atoms with Crippen LogP contribution in [0, 0.1) is 6.92 Å². The molecule has 0 aliphatic carbocycles. The number of aryl methyl sites for hydroxylation is 1. The largest absolute Gasteiger partial charge is 0.497 e. The quantitative estimate of drug-likeness (QED) is 0.853. The number of ether oxygens (including phenoxy) is 3. The molecule has 122 valence electrons. The van der Waals surface area contributed by atoms with Crippen molar-refractivity contribution in [1.82, 2.24) is 5.32 Å². The SMILES string of the molecule is COc1ccc(CNC(=O)COc2ccc(C)cc2)c(OC)c1. The number of nitrogens with one attached hydrogen (secondary N) is 1. The summed E-state index contributed by atoms with van der Waals surface area (Å²) in [5, 5.41) is 2.81. The Kier molecular flexibility index (Phi) is 5.86. The molecule has 0 radical (unpaired) electrons. The third-order valence-electron chi connectivity index (χ3n) is 3.36. The molecule has 2 aromatic carbocycles. The second kappa shape index (κ2) is 8.08. The van der Waals surface area contributed by atoms with Gasteiger partial charge in [0.05, 0.1) is 14.2 Å². The van der Waals surface area contributed by atoms with E-state index in [9.17, 15) is 4.79 Å². The molecule has 0 aliphatic rings. The molecule has 0 saturated heterocycles. The molecule has 0 atom stereocenters. The first kappa shape index (κ1) is 16.7. The van der Waals surface area contributed by atoms with Crippen LogP contribution in [0.4, 0.5) is 0 Å². The minimum Gasteiger partial charge on any atom is -0.497 e. The summed E-state index contributed by atoms with van der Waals surface area (Å²) in [4.78, 5) is 11.9. The van der Waals surface area contributed by atoms with Crippen LogP contribution in [0.1, 0.15) is 11.1 Å². The summed E-state index contributed by atoms with van der Waals surface area (Å²) in [6.45, 7) is 2.34. The number of rotatable bonds is 7. The van der Waals surface area contributed by atoms with Gasteiger partial charge in [-0.25, -0.2) is 0 Å². The van der Waals surface area contributed by atoms with Crippen LogP contribution in [0.25, 0.3) is 0 Å². The Hall–Kier alpha value is -2.69. The first-order chi connectivity index (χ1) is 11.1. The number of benzene rings is 2. The number of hydrogen-bond donors (Lipinski definition) is 1. The number of methoxy groups -OCH3 is 2. The van der Waals surface area contributed by atoms with E-state index in [4.69, 9.17) is 14.2 Å². The summed E-state index contributed by atoms with van der Waals surface area (Å²) in [5.41, 5.74) is 2.02. The van der Waals surface area contributed by atoms with E-state index >= 15 is 0 Å². The van der Waals surface area contributed by atoms with Crippen molar-refractivity contribution in [3.63, 3.8) is 0 Å². The number of carbonyl (C=O) groups is 1. The Morgan fingerprint density at radius 3 is 2.35 bits per heavy atom. The van der Waals surface area contributed by atoms with Gasteiger partial charge in [0.25, 0.3) is 5.91 Å². The summed E-state index contributed by atoms with van der Waals surface area (Å²) < 4.78 is 15.9. The maximum absolute atomic E-state index is 11.9. The minimum absolute atomic E-state index is 0.0263. The van der Waals surface area contributed by atoms with E-state index in [-0.39, 0.29) is 12.5 Å². The Morgan fingerprint density at radius 2 is 1.70 bits per heavy atom. The standard InChI is InChI=1S/C18H21NO4/c1-13-4-7-15(8-5-13)23-12-18(20)19-11-14-6-9-16(21-2)10-17(14)22-3/h4-10H,11-12H2,1-3H3,(H,19,20). The van der Waals surface area contributed by atoms with Gasteiger partial charge in [0.2, 0.25) is 0 Å². The maximum atomic E-state index is 11.9. The monoisotopic (exact) mass is 315 g/mol. The number of amides is 1. The molecule has 0 unspecified atom stereocenters. The molecule has 0 fully saturated rings. The van der Waals surface area contributed by atoms with Gasteiger partial charge in [0.15, 0.2) is 6.61 Å². The Morgan fingerprint density at radius 1 is 1.00 bits per heavy atom. The van der Waals surface area contributed by atoms with Crippen LogP contribution in [0.2, 0.25) is 0 Å². The van der Waals surface area contributed by atoms with Crippen LogP contribution in [0.3, 0.4) is 0 Å². The van der Waals surface area contributed by atoms with E-state index in [1.165, 1.54) is 0 Å². The molecule has 0 spiro atoms. The summed E-state index contributed by atoms with van der Waals surface area (Å²) in [6, 6.07) is 13.0. The predicted molar refractivity (Wildman–Crippen MR) is 88.1 cm³/mol. The minimum atomic E-state index is -0.191. The van der Waals surface area contributed by atoms with E-state index in [0.29, 0.717) is 23.8 Å². The van der Waals surface area contributed by atoms with Crippen molar-refractivity contribution in [1.29, 1.82) is 0 Å². The van der Waals surface area contributed by atoms with Crippen molar-refractivity contribution in [3.05, 3.63) is 53.6 Å². The van der Waals surface area contributed by atoms with Crippen molar-refractivity contribution >= 4 is 5.91 Å². The second-order valence-corrected chi connectivity index (χ2v) is 5.06. The first-order valence-corrected chi connectivity index (χ1v) is 7.29. The molecule has 5 heteroatoms. The van der Waals surface area contributed by atoms with Gasteiger partial charge in [0, 0.05) is 18.2 Å². The zero-order valence-corrected chi connectivity index (χ0v) is 13.6. The molecule has 23 heavy (non-hydrogen) atoms. The highest BCUT2D eigenvalue weighted by Gasteiger charge is 2.08. The average molecular weight is 315 g/mol. The van der Waals surface area contributed by atoms with Crippen LogP contribution in [0.15, 0.2) is 42.5 Å². The molecule has 0 saturated carbocycles. The van der Waals surface area contributed by atoms with Gasteiger partial charge in [-0.05, 0) is 31.2 Å². The van der Waals surface area contributed by atoms with Crippen LogP contribution in [0.5, 0.6) is 17.2 Å². The molecule has 0 heterocycles. The van der Waals surface area contributed by atoms with E-state index < -0.39 is 0 Å². The van der Waals surface area contributed by atoms with Crippen LogP contribution >= 0.6 is 0 Å². The highest BCUT2D eigenvalue weighted by molar-refractivity contribution is 5.77. The first-order valence-electron chi connectivity index (χ1n) is 7.29. The zero-order valence-electron chi connectivity index (χ0n) is 13.6. The molecular weight excluding hydrogens is 294 g/mol. The molecule has 2 aromatic rings. The lowest BCUT2D eigenvalue weighted by Gasteiger charge is -2.12. The Balaban J connectivity index is 1.85. The number of hydrogen-bond acceptors (Lipinski definition) is 4. The maximum Gasteiger partial charge on any atom is 0.258 e. The van der Waals surface area contributed by atoms with Gasteiger partial charge in [-0.3, -0.25) is 4.79 Å². The number of carbonyl (C=O) groups excluding carboxylic acids is 1. The van der Waals surface area contributed by atoms with Crippen molar-refractivity contribution in [2.75, 3.05) is 20.8 Å². The Bertz CT molecular complexity index is 653. The summed E-state index contributed by atoms with van der Waals surface area (Å²) in [6.07, 6.45) is 0.